The van der Waals surface area contributed by atoms with Crippen molar-refractivity contribution in [2.75, 3.05) is 13.7 Å². The normalized spacial score (nSPS) is 16.3. The van der Waals surface area contributed by atoms with Crippen molar-refractivity contribution < 1.29 is 14.6 Å². The van der Waals surface area contributed by atoms with Crippen LogP contribution in [0.2, 0.25) is 0 Å². The molecular formula is C20H23NO3. The van der Waals surface area contributed by atoms with Crippen LogP contribution in [-0.4, -0.2) is 24.7 Å². The van der Waals surface area contributed by atoms with E-state index in [9.17, 15) is 9.90 Å². The maximum absolute atomic E-state index is 12.3. The molecule has 2 aromatic carbocycles. The van der Waals surface area contributed by atoms with Gasteiger partial charge in [0.05, 0.1) is 7.11 Å². The molecule has 1 fully saturated rings. The smallest absolute Gasteiger partial charge is 0.253 e. The molecule has 0 saturated heterocycles. The van der Waals surface area contributed by atoms with Crippen molar-refractivity contribution in [2.45, 2.75) is 31.3 Å². The third-order valence-corrected chi connectivity index (χ3v) is 4.83. The Morgan fingerprint density at radius 2 is 2.00 bits per heavy atom. The van der Waals surface area contributed by atoms with Gasteiger partial charge in [0.15, 0.2) is 6.10 Å². The van der Waals surface area contributed by atoms with Gasteiger partial charge >= 0.3 is 0 Å². The highest BCUT2D eigenvalue weighted by molar-refractivity contribution is 5.82. The van der Waals surface area contributed by atoms with Crippen molar-refractivity contribution in [3.05, 3.63) is 65.2 Å². The van der Waals surface area contributed by atoms with Crippen LogP contribution in [0.25, 0.3) is 0 Å². The Hall–Kier alpha value is -2.33. The molecule has 1 unspecified atom stereocenters. The molecular weight excluding hydrogens is 302 g/mol. The van der Waals surface area contributed by atoms with Crippen molar-refractivity contribution >= 4 is 5.91 Å². The van der Waals surface area contributed by atoms with Gasteiger partial charge in [-0.15, -0.1) is 0 Å². The van der Waals surface area contributed by atoms with Gasteiger partial charge in [-0.3, -0.25) is 4.79 Å². The minimum Gasteiger partial charge on any atom is -0.497 e. The average Bonchev–Trinajstić information content (AvgIpc) is 3.40. The number of carbonyl (C=O) groups is 1. The minimum atomic E-state index is -1.19. The Morgan fingerprint density at radius 1 is 1.25 bits per heavy atom. The molecule has 1 aliphatic carbocycles. The van der Waals surface area contributed by atoms with Crippen molar-refractivity contribution in [2.24, 2.45) is 0 Å². The van der Waals surface area contributed by atoms with E-state index in [1.807, 2.05) is 12.1 Å². The maximum atomic E-state index is 12.3. The van der Waals surface area contributed by atoms with Gasteiger partial charge in [-0.1, -0.05) is 36.4 Å². The average molecular weight is 325 g/mol. The second-order valence-electron chi connectivity index (χ2n) is 6.49. The van der Waals surface area contributed by atoms with E-state index in [1.54, 1.807) is 31.4 Å². The summed E-state index contributed by atoms with van der Waals surface area (Å²) in [5.74, 6) is 0.251. The summed E-state index contributed by atoms with van der Waals surface area (Å²) in [6.45, 7) is 2.65. The quantitative estimate of drug-likeness (QED) is 0.858. The molecule has 0 bridgehead atoms. The number of benzene rings is 2. The number of methoxy groups -OCH3 is 1. The lowest BCUT2D eigenvalue weighted by molar-refractivity contribution is -0.129. The first-order chi connectivity index (χ1) is 11.6. The molecule has 0 aliphatic heterocycles. The molecule has 4 nitrogen and oxygen atoms in total. The number of aliphatic hydroxyl groups excluding tert-OH is 1. The lowest BCUT2D eigenvalue weighted by Gasteiger charge is -2.20. The van der Waals surface area contributed by atoms with E-state index in [-0.39, 0.29) is 11.3 Å². The van der Waals surface area contributed by atoms with E-state index in [2.05, 4.69) is 24.4 Å². The zero-order valence-electron chi connectivity index (χ0n) is 14.1. The van der Waals surface area contributed by atoms with Gasteiger partial charge in [-0.05, 0) is 48.6 Å². The number of aliphatic hydroxyl groups is 1. The van der Waals surface area contributed by atoms with Crippen LogP contribution >= 0.6 is 0 Å². The monoisotopic (exact) mass is 325 g/mol. The second kappa shape index (κ2) is 6.65. The molecule has 1 aliphatic rings. The Morgan fingerprint density at radius 3 is 2.67 bits per heavy atom. The first-order valence-electron chi connectivity index (χ1n) is 8.21. The maximum Gasteiger partial charge on any atom is 0.253 e. The lowest BCUT2D eigenvalue weighted by atomic mass is 9.92. The Bertz CT molecular complexity index is 737. The van der Waals surface area contributed by atoms with Gasteiger partial charge in [0.1, 0.15) is 5.75 Å². The van der Waals surface area contributed by atoms with Crippen molar-refractivity contribution in [3.63, 3.8) is 0 Å². The van der Waals surface area contributed by atoms with Crippen LogP contribution in [0.5, 0.6) is 5.75 Å². The van der Waals surface area contributed by atoms with Gasteiger partial charge < -0.3 is 15.2 Å². The van der Waals surface area contributed by atoms with E-state index in [4.69, 9.17) is 4.74 Å². The van der Waals surface area contributed by atoms with Crippen LogP contribution in [0, 0.1) is 6.92 Å². The van der Waals surface area contributed by atoms with Gasteiger partial charge in [-0.2, -0.15) is 0 Å². The standard InChI is InChI=1S/C20H23NO3/c1-14-6-3-4-9-17(14)20(10-11-20)13-21-19(23)18(22)15-7-5-8-16(12-15)24-2/h3-9,12,18,22H,10-11,13H2,1-2H3,(H,21,23). The highest BCUT2D eigenvalue weighted by Gasteiger charge is 2.45. The summed E-state index contributed by atoms with van der Waals surface area (Å²) in [5, 5.41) is 13.2. The summed E-state index contributed by atoms with van der Waals surface area (Å²) < 4.78 is 5.14. The fourth-order valence-corrected chi connectivity index (χ4v) is 3.18. The zero-order chi connectivity index (χ0) is 17.2. The molecule has 1 atom stereocenters. The number of aryl methyl sites for hydroxylation is 1. The van der Waals surface area contributed by atoms with Crippen LogP contribution in [0.4, 0.5) is 0 Å². The number of amides is 1. The molecule has 2 aromatic rings. The summed E-state index contributed by atoms with van der Waals surface area (Å²) in [6, 6.07) is 15.2. The molecule has 1 saturated carbocycles. The number of hydrogen-bond acceptors (Lipinski definition) is 3. The molecule has 1 amide bonds. The third kappa shape index (κ3) is 3.29. The van der Waals surface area contributed by atoms with Crippen molar-refractivity contribution in [3.8, 4) is 5.75 Å². The van der Waals surface area contributed by atoms with E-state index in [0.29, 0.717) is 17.9 Å². The van der Waals surface area contributed by atoms with E-state index in [1.165, 1.54) is 11.1 Å². The van der Waals surface area contributed by atoms with Crippen LogP contribution in [-0.2, 0) is 10.2 Å². The number of nitrogens with one attached hydrogen (secondary N) is 1. The van der Waals surface area contributed by atoms with Gasteiger partial charge in [0.2, 0.25) is 0 Å². The largest absolute Gasteiger partial charge is 0.497 e. The molecule has 24 heavy (non-hydrogen) atoms. The van der Waals surface area contributed by atoms with E-state index < -0.39 is 6.10 Å². The molecule has 0 spiro atoms. The highest BCUT2D eigenvalue weighted by atomic mass is 16.5. The first-order valence-corrected chi connectivity index (χ1v) is 8.21. The predicted octanol–water partition coefficient (Wildman–Crippen LogP) is 2.89. The molecule has 126 valence electrons. The molecule has 2 N–H and O–H groups in total. The third-order valence-electron chi connectivity index (χ3n) is 4.83. The van der Waals surface area contributed by atoms with Gasteiger partial charge in [0, 0.05) is 12.0 Å². The number of carbonyl (C=O) groups excluding carboxylic acids is 1. The lowest BCUT2D eigenvalue weighted by Crippen LogP contribution is -2.35. The number of ether oxygens (including phenoxy) is 1. The van der Waals surface area contributed by atoms with Crippen LogP contribution in [0.1, 0.15) is 35.6 Å². The van der Waals surface area contributed by atoms with Crippen LogP contribution in [0.15, 0.2) is 48.5 Å². The molecule has 0 radical (unpaired) electrons. The topological polar surface area (TPSA) is 58.6 Å². The van der Waals surface area contributed by atoms with Crippen LogP contribution in [0.3, 0.4) is 0 Å². The fourth-order valence-electron chi connectivity index (χ4n) is 3.18. The van der Waals surface area contributed by atoms with E-state index in [0.717, 1.165) is 12.8 Å². The molecule has 4 heteroatoms. The van der Waals surface area contributed by atoms with E-state index >= 15 is 0 Å². The SMILES string of the molecule is COc1cccc(C(O)C(=O)NCC2(c3ccccc3C)CC2)c1. The summed E-state index contributed by atoms with van der Waals surface area (Å²) in [4.78, 5) is 12.3. The second-order valence-corrected chi connectivity index (χ2v) is 6.49. The Balaban J connectivity index is 1.66. The summed E-state index contributed by atoms with van der Waals surface area (Å²) in [5.41, 5.74) is 3.10. The number of rotatable bonds is 6. The first kappa shape index (κ1) is 16.5. The molecule has 0 aromatic heterocycles. The summed E-state index contributed by atoms with van der Waals surface area (Å²) in [6.07, 6.45) is 0.939. The molecule has 3 rings (SSSR count). The number of hydrogen-bond donors (Lipinski definition) is 2. The fraction of sp³-hybridized carbons (Fsp3) is 0.350. The summed E-state index contributed by atoms with van der Waals surface area (Å²) >= 11 is 0. The zero-order valence-corrected chi connectivity index (χ0v) is 14.1. The highest BCUT2D eigenvalue weighted by Crippen LogP contribution is 2.48. The van der Waals surface area contributed by atoms with Crippen molar-refractivity contribution in [1.29, 1.82) is 0 Å². The van der Waals surface area contributed by atoms with Crippen LogP contribution < -0.4 is 10.1 Å². The van der Waals surface area contributed by atoms with Gasteiger partial charge in [-0.25, -0.2) is 0 Å². The minimum absolute atomic E-state index is 0.0229. The Kier molecular flexibility index (Phi) is 4.58. The molecule has 0 heterocycles. The van der Waals surface area contributed by atoms with Crippen molar-refractivity contribution in [1.82, 2.24) is 5.32 Å². The predicted molar refractivity (Wildman–Crippen MR) is 93.1 cm³/mol. The summed E-state index contributed by atoms with van der Waals surface area (Å²) in [7, 11) is 1.56. The Labute approximate surface area is 142 Å². The van der Waals surface area contributed by atoms with Gasteiger partial charge in [0.25, 0.3) is 5.91 Å².